The Kier molecular flexibility index (Phi) is 7.21. The molecule has 24 heavy (non-hydrogen) atoms. The zero-order valence-corrected chi connectivity index (χ0v) is 13.8. The average Bonchev–Trinajstić information content (AvgIpc) is 2.42. The maximum atomic E-state index is 11.4. The predicted octanol–water partition coefficient (Wildman–Crippen LogP) is -0.762. The van der Waals surface area contributed by atoms with Crippen molar-refractivity contribution < 1.29 is 42.9 Å². The Hall–Kier alpha value is -2.10. The number of carbonyl (C=O) groups excluding carboxylic acids is 4. The van der Waals surface area contributed by atoms with Gasteiger partial charge in [0.2, 0.25) is 0 Å². The highest BCUT2D eigenvalue weighted by atomic mass is 16.7. The zero-order valence-electron chi connectivity index (χ0n) is 13.8. The molecule has 9 nitrogen and oxygen atoms in total. The number of esters is 4. The molecule has 1 fully saturated rings. The van der Waals surface area contributed by atoms with Gasteiger partial charge in [-0.1, -0.05) is 0 Å². The molecule has 1 unspecified atom stereocenters. The van der Waals surface area contributed by atoms with E-state index in [1.54, 1.807) is 0 Å². The van der Waals surface area contributed by atoms with Crippen LogP contribution >= 0.6 is 0 Å². The highest BCUT2D eigenvalue weighted by Gasteiger charge is 2.50. The van der Waals surface area contributed by atoms with Crippen LogP contribution in [0.4, 0.5) is 0 Å². The van der Waals surface area contributed by atoms with Crippen molar-refractivity contribution in [1.82, 2.24) is 0 Å². The molecule has 0 aromatic heterocycles. The first-order valence-electron chi connectivity index (χ1n) is 7.18. The summed E-state index contributed by atoms with van der Waals surface area (Å²) in [4.78, 5) is 45.0. The third kappa shape index (κ3) is 5.84. The summed E-state index contributed by atoms with van der Waals surface area (Å²) in [6.07, 6.45) is -4.57. The Bertz CT molecular complexity index is 506. The minimum absolute atomic E-state index is 0.286. The van der Waals surface area contributed by atoms with Crippen LogP contribution in [0.25, 0.3) is 0 Å². The molecule has 0 aromatic carbocycles. The van der Waals surface area contributed by atoms with Crippen molar-refractivity contribution in [1.29, 1.82) is 0 Å². The van der Waals surface area contributed by atoms with Gasteiger partial charge in [0, 0.05) is 27.7 Å². The first-order valence-corrected chi connectivity index (χ1v) is 7.18. The molecule has 0 aliphatic carbocycles. The topological polar surface area (TPSA) is 114 Å². The van der Waals surface area contributed by atoms with Gasteiger partial charge in [-0.05, 0) is 0 Å². The Morgan fingerprint density at radius 1 is 0.792 bits per heavy atom. The standard InChI is InChI=1S/C14H19BO9/c1-6(16)20-5-10-11(21-7(2)17)12(22-8(3)18)13(14(15)24-10)23-9(4)19/h10-14H,5H2,1-4H3/t10-,11-,12+,13-,14?/m0/s1. The van der Waals surface area contributed by atoms with Crippen LogP contribution in [0, 0.1) is 0 Å². The van der Waals surface area contributed by atoms with Crippen LogP contribution in [0.1, 0.15) is 27.7 Å². The maximum Gasteiger partial charge on any atom is 0.303 e. The van der Waals surface area contributed by atoms with Gasteiger partial charge in [0.15, 0.2) is 18.3 Å². The molecule has 0 N–H and O–H groups in total. The molecule has 1 aliphatic heterocycles. The highest BCUT2D eigenvalue weighted by molar-refractivity contribution is 6.11. The molecule has 10 heteroatoms. The lowest BCUT2D eigenvalue weighted by Gasteiger charge is -2.43. The van der Waals surface area contributed by atoms with Gasteiger partial charge >= 0.3 is 23.9 Å². The fourth-order valence-corrected chi connectivity index (χ4v) is 2.26. The lowest BCUT2D eigenvalue weighted by atomic mass is 9.84. The van der Waals surface area contributed by atoms with E-state index in [0.29, 0.717) is 0 Å². The fraction of sp³-hybridized carbons (Fsp3) is 0.714. The van der Waals surface area contributed by atoms with Gasteiger partial charge in [-0.2, -0.15) is 0 Å². The molecule has 1 saturated heterocycles. The van der Waals surface area contributed by atoms with Gasteiger partial charge in [-0.25, -0.2) is 0 Å². The molecular formula is C14H19BO9. The van der Waals surface area contributed by atoms with Crippen LogP contribution in [-0.4, -0.2) is 68.7 Å². The maximum absolute atomic E-state index is 11.4. The summed E-state index contributed by atoms with van der Waals surface area (Å²) in [5.74, 6) is -2.66. The molecule has 1 heterocycles. The van der Waals surface area contributed by atoms with E-state index in [1.807, 2.05) is 0 Å². The van der Waals surface area contributed by atoms with Crippen LogP contribution in [0.2, 0.25) is 0 Å². The largest absolute Gasteiger partial charge is 0.463 e. The molecule has 0 bridgehead atoms. The summed E-state index contributed by atoms with van der Waals surface area (Å²) in [5.41, 5.74) is 0. The van der Waals surface area contributed by atoms with E-state index in [4.69, 9.17) is 31.5 Å². The van der Waals surface area contributed by atoms with E-state index in [-0.39, 0.29) is 6.61 Å². The van der Waals surface area contributed by atoms with Gasteiger partial charge in [0.1, 0.15) is 20.6 Å². The Morgan fingerprint density at radius 3 is 1.71 bits per heavy atom. The van der Waals surface area contributed by atoms with Crippen LogP contribution in [0.3, 0.4) is 0 Å². The second-order valence-corrected chi connectivity index (χ2v) is 5.16. The number of hydrogen-bond donors (Lipinski definition) is 0. The molecular weight excluding hydrogens is 323 g/mol. The second kappa shape index (κ2) is 8.67. The van der Waals surface area contributed by atoms with Gasteiger partial charge in [0.05, 0.1) is 6.00 Å². The third-order valence-electron chi connectivity index (χ3n) is 3.03. The molecule has 132 valence electrons. The van der Waals surface area contributed by atoms with E-state index < -0.39 is 54.3 Å². The smallest absolute Gasteiger partial charge is 0.303 e. The summed E-state index contributed by atoms with van der Waals surface area (Å²) in [6.45, 7) is 4.32. The van der Waals surface area contributed by atoms with Crippen molar-refractivity contribution in [2.45, 2.75) is 58.1 Å². The van der Waals surface area contributed by atoms with E-state index in [9.17, 15) is 19.2 Å². The summed E-state index contributed by atoms with van der Waals surface area (Å²) in [7, 11) is 5.81. The molecule has 5 atom stereocenters. The fourth-order valence-electron chi connectivity index (χ4n) is 2.26. The molecule has 0 spiro atoms. The first-order chi connectivity index (χ1) is 11.1. The van der Waals surface area contributed by atoms with Crippen molar-refractivity contribution in [2.24, 2.45) is 0 Å². The lowest BCUT2D eigenvalue weighted by molar-refractivity contribution is -0.239. The highest BCUT2D eigenvalue weighted by Crippen LogP contribution is 2.27. The minimum atomic E-state index is -1.21. The van der Waals surface area contributed by atoms with Gasteiger partial charge < -0.3 is 23.7 Å². The van der Waals surface area contributed by atoms with Crippen molar-refractivity contribution in [3.8, 4) is 0 Å². The zero-order chi connectivity index (χ0) is 18.4. The van der Waals surface area contributed by atoms with Gasteiger partial charge in [-0.3, -0.25) is 19.2 Å². The quantitative estimate of drug-likeness (QED) is 0.361. The van der Waals surface area contributed by atoms with Crippen LogP contribution in [0.15, 0.2) is 0 Å². The van der Waals surface area contributed by atoms with Gasteiger partial charge in [-0.15, -0.1) is 0 Å². The number of hydrogen-bond acceptors (Lipinski definition) is 9. The first kappa shape index (κ1) is 20.0. The minimum Gasteiger partial charge on any atom is -0.463 e. The Labute approximate surface area is 140 Å². The van der Waals surface area contributed by atoms with E-state index in [1.165, 1.54) is 6.92 Å². The summed E-state index contributed by atoms with van der Waals surface area (Å²) in [6, 6.07) is -1.18. The molecule has 1 aliphatic rings. The third-order valence-corrected chi connectivity index (χ3v) is 3.03. The molecule has 2 radical (unpaired) electrons. The van der Waals surface area contributed by atoms with Crippen LogP contribution < -0.4 is 0 Å². The Morgan fingerprint density at radius 2 is 1.25 bits per heavy atom. The normalized spacial score (nSPS) is 29.2. The molecule has 0 amide bonds. The van der Waals surface area contributed by atoms with Crippen LogP contribution in [-0.2, 0) is 42.9 Å². The van der Waals surface area contributed by atoms with Gasteiger partial charge in [0.25, 0.3) is 0 Å². The summed E-state index contributed by atoms with van der Waals surface area (Å²) in [5, 5.41) is 0. The molecule has 1 rings (SSSR count). The number of rotatable bonds is 5. The number of carbonyl (C=O) groups is 4. The predicted molar refractivity (Wildman–Crippen MR) is 77.7 cm³/mol. The summed E-state index contributed by atoms with van der Waals surface area (Å²) >= 11 is 0. The second-order valence-electron chi connectivity index (χ2n) is 5.16. The van der Waals surface area contributed by atoms with E-state index in [2.05, 4.69) is 0 Å². The molecule has 0 saturated carbocycles. The Balaban J connectivity index is 3.11. The van der Waals surface area contributed by atoms with Crippen LogP contribution in [0.5, 0.6) is 0 Å². The van der Waals surface area contributed by atoms with Crippen molar-refractivity contribution >= 4 is 31.7 Å². The molecule has 0 aromatic rings. The lowest BCUT2D eigenvalue weighted by Crippen LogP contribution is -2.62. The van der Waals surface area contributed by atoms with Crippen molar-refractivity contribution in [3.63, 3.8) is 0 Å². The monoisotopic (exact) mass is 342 g/mol. The van der Waals surface area contributed by atoms with E-state index >= 15 is 0 Å². The average molecular weight is 342 g/mol. The van der Waals surface area contributed by atoms with E-state index in [0.717, 1.165) is 20.8 Å². The van der Waals surface area contributed by atoms with Crippen molar-refractivity contribution in [3.05, 3.63) is 0 Å². The SMILES string of the molecule is [B]C1O[C@@H](COC(C)=O)[C@H](OC(C)=O)[C@@H](OC(C)=O)[C@@H]1OC(C)=O. The van der Waals surface area contributed by atoms with Crippen molar-refractivity contribution in [2.75, 3.05) is 6.61 Å². The summed E-state index contributed by atoms with van der Waals surface area (Å²) < 4.78 is 25.6. The number of ether oxygens (including phenoxy) is 5.